The summed E-state index contributed by atoms with van der Waals surface area (Å²) in [5, 5.41) is 11.2. The molecule has 20 heavy (non-hydrogen) atoms. The molecule has 0 saturated carbocycles. The SMILES string of the molecule is CC1CCN(C(=O)N(C)Cc2cscn2)C(C(=O)O)C1. The number of urea groups is 1. The van der Waals surface area contributed by atoms with E-state index in [1.165, 1.54) is 21.1 Å². The first-order valence-corrected chi connectivity index (χ1v) is 7.55. The fourth-order valence-corrected chi connectivity index (χ4v) is 3.00. The molecular formula is C13H19N3O3S. The number of carboxylic acid groups (broad SMARTS) is 1. The third-order valence-electron chi connectivity index (χ3n) is 3.60. The van der Waals surface area contributed by atoms with Gasteiger partial charge >= 0.3 is 12.0 Å². The van der Waals surface area contributed by atoms with E-state index in [4.69, 9.17) is 0 Å². The highest BCUT2D eigenvalue weighted by Gasteiger charge is 2.36. The summed E-state index contributed by atoms with van der Waals surface area (Å²) in [5.41, 5.74) is 2.54. The zero-order chi connectivity index (χ0) is 14.7. The van der Waals surface area contributed by atoms with Gasteiger partial charge in [0.1, 0.15) is 6.04 Å². The van der Waals surface area contributed by atoms with Crippen LogP contribution < -0.4 is 0 Å². The molecule has 2 rings (SSSR count). The number of rotatable bonds is 3. The molecule has 0 radical (unpaired) electrons. The molecule has 2 unspecified atom stereocenters. The van der Waals surface area contributed by atoms with Gasteiger partial charge in [-0.1, -0.05) is 6.92 Å². The molecule has 7 heteroatoms. The van der Waals surface area contributed by atoms with Crippen LogP contribution in [0.2, 0.25) is 0 Å². The number of likely N-dealkylation sites (tertiary alicyclic amines) is 1. The van der Waals surface area contributed by atoms with Gasteiger partial charge in [-0.05, 0) is 18.8 Å². The van der Waals surface area contributed by atoms with Crippen molar-refractivity contribution in [1.82, 2.24) is 14.8 Å². The van der Waals surface area contributed by atoms with Gasteiger partial charge < -0.3 is 14.9 Å². The lowest BCUT2D eigenvalue weighted by molar-refractivity contribution is -0.144. The summed E-state index contributed by atoms with van der Waals surface area (Å²) < 4.78 is 0. The molecule has 6 nitrogen and oxygen atoms in total. The van der Waals surface area contributed by atoms with Crippen LogP contribution in [0.1, 0.15) is 25.5 Å². The standard InChI is InChI=1S/C13H19N3O3S/c1-9-3-4-16(11(5-9)12(17)18)13(19)15(2)6-10-7-20-8-14-10/h7-9,11H,3-6H2,1-2H3,(H,17,18). The number of carbonyl (C=O) groups excluding carboxylic acids is 1. The Morgan fingerprint density at radius 1 is 1.60 bits per heavy atom. The number of hydrogen-bond donors (Lipinski definition) is 1. The highest BCUT2D eigenvalue weighted by molar-refractivity contribution is 7.07. The summed E-state index contributed by atoms with van der Waals surface area (Å²) in [6.45, 7) is 2.93. The van der Waals surface area contributed by atoms with Crippen molar-refractivity contribution in [3.63, 3.8) is 0 Å². The van der Waals surface area contributed by atoms with E-state index < -0.39 is 12.0 Å². The van der Waals surface area contributed by atoms with Crippen molar-refractivity contribution in [2.24, 2.45) is 5.92 Å². The molecule has 1 fully saturated rings. The van der Waals surface area contributed by atoms with E-state index in [2.05, 4.69) is 4.98 Å². The Hall–Kier alpha value is -1.63. The zero-order valence-corrected chi connectivity index (χ0v) is 12.5. The van der Waals surface area contributed by atoms with Crippen molar-refractivity contribution in [3.8, 4) is 0 Å². The van der Waals surface area contributed by atoms with Crippen molar-refractivity contribution >= 4 is 23.3 Å². The first-order valence-electron chi connectivity index (χ1n) is 6.60. The Balaban J connectivity index is 2.04. The van der Waals surface area contributed by atoms with Gasteiger partial charge in [0, 0.05) is 19.0 Å². The minimum Gasteiger partial charge on any atom is -0.480 e. The molecule has 0 aromatic carbocycles. The van der Waals surface area contributed by atoms with Crippen LogP contribution in [0.25, 0.3) is 0 Å². The van der Waals surface area contributed by atoms with Crippen LogP contribution in [0.4, 0.5) is 4.79 Å². The third-order valence-corrected chi connectivity index (χ3v) is 4.24. The Labute approximate surface area is 122 Å². The molecule has 0 bridgehead atoms. The smallest absolute Gasteiger partial charge is 0.326 e. The van der Waals surface area contributed by atoms with Crippen LogP contribution in [0.15, 0.2) is 10.9 Å². The molecule has 0 aliphatic carbocycles. The van der Waals surface area contributed by atoms with E-state index in [1.807, 2.05) is 12.3 Å². The normalized spacial score (nSPS) is 22.6. The van der Waals surface area contributed by atoms with Gasteiger partial charge in [-0.15, -0.1) is 11.3 Å². The number of thiazole rings is 1. The molecule has 1 saturated heterocycles. The first kappa shape index (κ1) is 14.8. The molecule has 2 heterocycles. The fourth-order valence-electron chi connectivity index (χ4n) is 2.45. The summed E-state index contributed by atoms with van der Waals surface area (Å²) in [6.07, 6.45) is 1.37. The predicted octanol–water partition coefficient (Wildman–Crippen LogP) is 1.88. The fraction of sp³-hybridized carbons (Fsp3) is 0.615. The third kappa shape index (κ3) is 3.27. The lowest BCUT2D eigenvalue weighted by Crippen LogP contribution is -2.53. The Morgan fingerprint density at radius 3 is 2.95 bits per heavy atom. The summed E-state index contributed by atoms with van der Waals surface area (Å²) >= 11 is 1.48. The monoisotopic (exact) mass is 297 g/mol. The highest BCUT2D eigenvalue weighted by Crippen LogP contribution is 2.24. The number of aliphatic carboxylic acids is 1. The molecule has 1 N–H and O–H groups in total. The number of carbonyl (C=O) groups is 2. The van der Waals surface area contributed by atoms with Crippen molar-refractivity contribution < 1.29 is 14.7 Å². The van der Waals surface area contributed by atoms with Crippen molar-refractivity contribution in [1.29, 1.82) is 0 Å². The van der Waals surface area contributed by atoms with Crippen LogP contribution in [0, 0.1) is 5.92 Å². The van der Waals surface area contributed by atoms with Gasteiger partial charge in [0.15, 0.2) is 0 Å². The van der Waals surface area contributed by atoms with Crippen LogP contribution >= 0.6 is 11.3 Å². The summed E-state index contributed by atoms with van der Waals surface area (Å²) in [7, 11) is 1.68. The summed E-state index contributed by atoms with van der Waals surface area (Å²) in [4.78, 5) is 30.9. The number of piperidine rings is 1. The van der Waals surface area contributed by atoms with Crippen LogP contribution in [-0.2, 0) is 11.3 Å². The molecule has 2 amide bonds. The molecule has 1 aliphatic rings. The van der Waals surface area contributed by atoms with E-state index in [0.29, 0.717) is 25.4 Å². The van der Waals surface area contributed by atoms with Crippen LogP contribution in [0.5, 0.6) is 0 Å². The number of hydrogen-bond acceptors (Lipinski definition) is 4. The maximum Gasteiger partial charge on any atom is 0.326 e. The van der Waals surface area contributed by atoms with Gasteiger partial charge in [0.25, 0.3) is 0 Å². The number of aromatic nitrogens is 1. The summed E-state index contributed by atoms with van der Waals surface area (Å²) in [6, 6.07) is -0.957. The van der Waals surface area contributed by atoms with E-state index in [-0.39, 0.29) is 6.03 Å². The predicted molar refractivity (Wildman–Crippen MR) is 75.5 cm³/mol. The van der Waals surface area contributed by atoms with Crippen LogP contribution in [-0.4, -0.2) is 51.5 Å². The van der Waals surface area contributed by atoms with E-state index in [1.54, 1.807) is 12.6 Å². The van der Waals surface area contributed by atoms with Crippen molar-refractivity contribution in [3.05, 3.63) is 16.6 Å². The van der Waals surface area contributed by atoms with Gasteiger partial charge in [0.05, 0.1) is 17.7 Å². The van der Waals surface area contributed by atoms with Gasteiger partial charge in [-0.25, -0.2) is 14.6 Å². The van der Waals surface area contributed by atoms with Crippen molar-refractivity contribution in [2.45, 2.75) is 32.4 Å². The van der Waals surface area contributed by atoms with E-state index in [9.17, 15) is 14.7 Å². The Morgan fingerprint density at radius 2 is 2.35 bits per heavy atom. The largest absolute Gasteiger partial charge is 0.480 e. The Kier molecular flexibility index (Phi) is 4.59. The number of nitrogens with zero attached hydrogens (tertiary/aromatic N) is 3. The molecule has 110 valence electrons. The molecular weight excluding hydrogens is 278 g/mol. The topological polar surface area (TPSA) is 73.7 Å². The highest BCUT2D eigenvalue weighted by atomic mass is 32.1. The second-order valence-corrected chi connectivity index (χ2v) is 6.01. The molecule has 1 aromatic rings. The zero-order valence-electron chi connectivity index (χ0n) is 11.7. The molecule has 1 aromatic heterocycles. The van der Waals surface area contributed by atoms with E-state index in [0.717, 1.165) is 12.1 Å². The average molecular weight is 297 g/mol. The molecule has 0 spiro atoms. The maximum atomic E-state index is 12.4. The molecule has 1 aliphatic heterocycles. The Bertz CT molecular complexity index is 477. The maximum absolute atomic E-state index is 12.4. The quantitative estimate of drug-likeness (QED) is 0.924. The number of carboxylic acids is 1. The lowest BCUT2D eigenvalue weighted by atomic mass is 9.93. The minimum absolute atomic E-state index is 0.239. The van der Waals surface area contributed by atoms with E-state index >= 15 is 0 Å². The second-order valence-electron chi connectivity index (χ2n) is 5.30. The second kappa shape index (κ2) is 6.21. The van der Waals surface area contributed by atoms with Gasteiger partial charge in [-0.2, -0.15) is 0 Å². The summed E-state index contributed by atoms with van der Waals surface area (Å²) in [5.74, 6) is -0.587. The molecule has 2 atom stereocenters. The minimum atomic E-state index is -0.924. The first-order chi connectivity index (χ1) is 9.49. The van der Waals surface area contributed by atoms with Gasteiger partial charge in [-0.3, -0.25) is 0 Å². The van der Waals surface area contributed by atoms with Crippen molar-refractivity contribution in [2.75, 3.05) is 13.6 Å². The van der Waals surface area contributed by atoms with Gasteiger partial charge in [0.2, 0.25) is 0 Å². The number of amides is 2. The van der Waals surface area contributed by atoms with Crippen LogP contribution in [0.3, 0.4) is 0 Å². The average Bonchev–Trinajstić information content (AvgIpc) is 2.90. The lowest BCUT2D eigenvalue weighted by Gasteiger charge is -2.38.